The average Bonchev–Trinajstić information content (AvgIpc) is 2.67. The van der Waals surface area contributed by atoms with Gasteiger partial charge in [0.2, 0.25) is 10.0 Å². The highest BCUT2D eigenvalue weighted by atomic mass is 35.5. The maximum atomic E-state index is 12.8. The Bertz CT molecular complexity index is 1090. The number of primary sulfonamides is 1. The molecule has 8 heteroatoms. The minimum atomic E-state index is -4.07. The number of sulfonamides is 1. The fraction of sp³-hybridized carbons (Fsp3) is 0.0500. The van der Waals surface area contributed by atoms with Gasteiger partial charge in [0.15, 0.2) is 0 Å². The summed E-state index contributed by atoms with van der Waals surface area (Å²) in [4.78, 5) is 14.0. The van der Waals surface area contributed by atoms with Crippen LogP contribution in [0.25, 0.3) is 0 Å². The van der Waals surface area contributed by atoms with Crippen LogP contribution in [-0.4, -0.2) is 14.3 Å². The van der Waals surface area contributed by atoms with E-state index in [1.165, 1.54) is 23.9 Å². The van der Waals surface area contributed by atoms with Gasteiger partial charge >= 0.3 is 0 Å². The number of hydrogen-bond donors (Lipinski definition) is 2. The van der Waals surface area contributed by atoms with Crippen molar-refractivity contribution in [2.75, 3.05) is 0 Å². The third kappa shape index (κ3) is 5.14. The second-order valence-electron chi connectivity index (χ2n) is 5.91. The van der Waals surface area contributed by atoms with Gasteiger partial charge in [-0.05, 0) is 29.8 Å². The van der Waals surface area contributed by atoms with Gasteiger partial charge in [-0.25, -0.2) is 13.6 Å². The summed E-state index contributed by atoms with van der Waals surface area (Å²) in [5.41, 5.74) is 1.12. The summed E-state index contributed by atoms with van der Waals surface area (Å²) in [6, 6.07) is 21.5. The molecule has 0 unspecified atom stereocenters. The molecule has 0 saturated heterocycles. The van der Waals surface area contributed by atoms with Crippen LogP contribution in [0.2, 0.25) is 5.02 Å². The van der Waals surface area contributed by atoms with Crippen LogP contribution in [0.15, 0.2) is 87.5 Å². The predicted octanol–water partition coefficient (Wildman–Crippen LogP) is 4.07. The third-order valence-corrected chi connectivity index (χ3v) is 6.29. The van der Waals surface area contributed by atoms with Crippen LogP contribution in [0.5, 0.6) is 0 Å². The van der Waals surface area contributed by atoms with E-state index in [4.69, 9.17) is 16.7 Å². The topological polar surface area (TPSA) is 89.3 Å². The van der Waals surface area contributed by atoms with Crippen LogP contribution in [0.1, 0.15) is 15.9 Å². The minimum Gasteiger partial charge on any atom is -0.348 e. The fourth-order valence-electron chi connectivity index (χ4n) is 2.50. The van der Waals surface area contributed by atoms with Gasteiger partial charge in [-0.15, -0.1) is 0 Å². The molecule has 28 heavy (non-hydrogen) atoms. The van der Waals surface area contributed by atoms with Crippen molar-refractivity contribution < 1.29 is 13.2 Å². The first-order valence-electron chi connectivity index (χ1n) is 8.26. The number of nitrogens with one attached hydrogen (secondary N) is 1. The van der Waals surface area contributed by atoms with Gasteiger partial charge in [-0.1, -0.05) is 71.9 Å². The van der Waals surface area contributed by atoms with Crippen molar-refractivity contribution in [2.45, 2.75) is 21.2 Å². The van der Waals surface area contributed by atoms with Crippen molar-refractivity contribution in [1.82, 2.24) is 5.32 Å². The van der Waals surface area contributed by atoms with Crippen LogP contribution < -0.4 is 10.5 Å². The van der Waals surface area contributed by atoms with E-state index >= 15 is 0 Å². The van der Waals surface area contributed by atoms with E-state index < -0.39 is 15.9 Å². The van der Waals surface area contributed by atoms with Gasteiger partial charge in [-0.2, -0.15) is 0 Å². The number of amides is 1. The fourth-order valence-corrected chi connectivity index (χ4v) is 4.65. The van der Waals surface area contributed by atoms with Crippen molar-refractivity contribution >= 4 is 39.3 Å². The molecule has 0 fully saturated rings. The van der Waals surface area contributed by atoms with E-state index in [0.717, 1.165) is 10.5 Å². The van der Waals surface area contributed by atoms with Crippen molar-refractivity contribution in [1.29, 1.82) is 0 Å². The molecule has 3 rings (SSSR count). The van der Waals surface area contributed by atoms with E-state index in [-0.39, 0.29) is 15.5 Å². The van der Waals surface area contributed by atoms with Gasteiger partial charge < -0.3 is 5.32 Å². The first-order chi connectivity index (χ1) is 13.3. The molecule has 144 valence electrons. The lowest BCUT2D eigenvalue weighted by Crippen LogP contribution is -2.24. The van der Waals surface area contributed by atoms with Gasteiger partial charge in [0, 0.05) is 16.3 Å². The highest BCUT2D eigenvalue weighted by Crippen LogP contribution is 2.35. The number of carbonyl (C=O) groups is 1. The van der Waals surface area contributed by atoms with Gasteiger partial charge in [0.05, 0.1) is 10.6 Å². The lowest BCUT2D eigenvalue weighted by atomic mass is 10.2. The molecule has 0 aliphatic heterocycles. The molecule has 0 aliphatic rings. The molecule has 3 aromatic carbocycles. The molecule has 0 spiro atoms. The molecule has 0 atom stereocenters. The van der Waals surface area contributed by atoms with Crippen molar-refractivity contribution in [3.05, 3.63) is 88.9 Å². The summed E-state index contributed by atoms with van der Waals surface area (Å²) in [5.74, 6) is -0.413. The number of halogens is 1. The molecule has 3 aromatic rings. The number of hydrogen-bond acceptors (Lipinski definition) is 4. The predicted molar refractivity (Wildman–Crippen MR) is 111 cm³/mol. The van der Waals surface area contributed by atoms with Crippen molar-refractivity contribution in [3.8, 4) is 0 Å². The van der Waals surface area contributed by atoms with Gasteiger partial charge in [-0.3, -0.25) is 4.79 Å². The molecule has 3 N–H and O–H groups in total. The number of benzene rings is 3. The summed E-state index contributed by atoms with van der Waals surface area (Å²) in [6.45, 7) is 0.308. The lowest BCUT2D eigenvalue weighted by Gasteiger charge is -2.13. The summed E-state index contributed by atoms with van der Waals surface area (Å²) in [5, 5.41) is 8.02. The summed E-state index contributed by atoms with van der Waals surface area (Å²) in [6.07, 6.45) is 0. The van der Waals surface area contributed by atoms with E-state index in [9.17, 15) is 13.2 Å². The van der Waals surface area contributed by atoms with Gasteiger partial charge in [0.1, 0.15) is 4.90 Å². The number of carbonyl (C=O) groups excluding carboxylic acids is 1. The maximum absolute atomic E-state index is 12.8. The highest BCUT2D eigenvalue weighted by Gasteiger charge is 2.21. The Balaban J connectivity index is 1.96. The van der Waals surface area contributed by atoms with Crippen LogP contribution in [-0.2, 0) is 16.6 Å². The third-order valence-electron chi connectivity index (χ3n) is 3.85. The second-order valence-corrected chi connectivity index (χ2v) is 8.96. The molecule has 0 aliphatic carbocycles. The van der Waals surface area contributed by atoms with Crippen molar-refractivity contribution in [2.24, 2.45) is 5.14 Å². The largest absolute Gasteiger partial charge is 0.348 e. The zero-order chi connectivity index (χ0) is 20.1. The van der Waals surface area contributed by atoms with Crippen LogP contribution in [0.3, 0.4) is 0 Å². The maximum Gasteiger partial charge on any atom is 0.252 e. The number of rotatable bonds is 6. The Labute approximate surface area is 173 Å². The smallest absolute Gasteiger partial charge is 0.252 e. The monoisotopic (exact) mass is 432 g/mol. The lowest BCUT2D eigenvalue weighted by molar-refractivity contribution is 0.0947. The number of nitrogens with two attached hydrogens (primary N) is 1. The molecule has 5 nitrogen and oxygen atoms in total. The molecule has 0 aromatic heterocycles. The zero-order valence-electron chi connectivity index (χ0n) is 14.6. The molecule has 0 saturated carbocycles. The molecular weight excluding hydrogens is 416 g/mol. The standard InChI is InChI=1S/C20H17ClN2O3S2/c21-17-12-18(27-15-9-5-2-6-10-15)16(11-19(17)28(22,25)26)20(24)23-13-14-7-3-1-4-8-14/h1-12H,13H2,(H,23,24)(H2,22,25,26). The zero-order valence-corrected chi connectivity index (χ0v) is 17.0. The molecule has 0 bridgehead atoms. The quantitative estimate of drug-likeness (QED) is 0.614. The first-order valence-corrected chi connectivity index (χ1v) is 11.0. The van der Waals surface area contributed by atoms with Crippen molar-refractivity contribution in [3.63, 3.8) is 0 Å². The minimum absolute atomic E-state index is 0.0273. The second kappa shape index (κ2) is 8.79. The Hall–Kier alpha value is -2.32. The SMILES string of the molecule is NS(=O)(=O)c1cc(C(=O)NCc2ccccc2)c(Sc2ccccc2)cc1Cl. The first kappa shape index (κ1) is 20.4. The molecular formula is C20H17ClN2O3S2. The average molecular weight is 433 g/mol. The molecule has 0 heterocycles. The van der Waals surface area contributed by atoms with Crippen LogP contribution in [0, 0.1) is 0 Å². The normalized spacial score (nSPS) is 11.2. The summed E-state index contributed by atoms with van der Waals surface area (Å²) in [7, 11) is -4.07. The van der Waals surface area contributed by atoms with Gasteiger partial charge in [0.25, 0.3) is 5.91 Å². The highest BCUT2D eigenvalue weighted by molar-refractivity contribution is 7.99. The van der Waals surface area contributed by atoms with Crippen LogP contribution >= 0.6 is 23.4 Å². The Morgan fingerprint density at radius 2 is 1.61 bits per heavy atom. The van der Waals surface area contributed by atoms with E-state index in [1.54, 1.807) is 0 Å². The molecule has 0 radical (unpaired) electrons. The van der Waals surface area contributed by atoms with E-state index in [0.29, 0.717) is 11.4 Å². The summed E-state index contributed by atoms with van der Waals surface area (Å²) < 4.78 is 23.7. The molecule has 1 amide bonds. The Morgan fingerprint density at radius 3 is 2.21 bits per heavy atom. The Kier molecular flexibility index (Phi) is 6.41. The van der Waals surface area contributed by atoms with E-state index in [2.05, 4.69) is 5.32 Å². The summed E-state index contributed by atoms with van der Waals surface area (Å²) >= 11 is 7.44. The van der Waals surface area contributed by atoms with Crippen LogP contribution in [0.4, 0.5) is 0 Å². The Morgan fingerprint density at radius 1 is 1.00 bits per heavy atom. The van der Waals surface area contributed by atoms with E-state index in [1.807, 2.05) is 60.7 Å².